The fourth-order valence-electron chi connectivity index (χ4n) is 1.27. The van der Waals surface area contributed by atoms with Crippen molar-refractivity contribution in [3.05, 3.63) is 10.4 Å². The number of rotatable bonds is 1. The highest BCUT2D eigenvalue weighted by Gasteiger charge is 2.22. The third-order valence-corrected chi connectivity index (χ3v) is 1.89. The van der Waals surface area contributed by atoms with Crippen molar-refractivity contribution in [2.45, 2.75) is 18.9 Å². The van der Waals surface area contributed by atoms with Crippen LogP contribution in [-0.2, 0) is 0 Å². The van der Waals surface area contributed by atoms with Gasteiger partial charge in [0.1, 0.15) is 0 Å². The third-order valence-electron chi connectivity index (χ3n) is 1.89. The first-order valence-electron chi connectivity index (χ1n) is 3.72. The average molecular weight is 161 g/mol. The van der Waals surface area contributed by atoms with Gasteiger partial charge in [-0.05, 0) is 12.8 Å². The van der Waals surface area contributed by atoms with E-state index in [-0.39, 0.29) is 6.54 Å². The summed E-state index contributed by atoms with van der Waals surface area (Å²) in [6.45, 7) is 0.685. The lowest BCUT2D eigenvalue weighted by Gasteiger charge is -2.51. The van der Waals surface area contributed by atoms with Crippen LogP contribution < -0.4 is 0 Å². The van der Waals surface area contributed by atoms with E-state index in [2.05, 4.69) is 0 Å². The summed E-state index contributed by atoms with van der Waals surface area (Å²) in [4.78, 5) is -1.67. The molecule has 0 aromatic carbocycles. The quantitative estimate of drug-likeness (QED) is 0.427. The van der Waals surface area contributed by atoms with E-state index in [9.17, 15) is 10.4 Å². The molecule has 0 aliphatic carbocycles. The van der Waals surface area contributed by atoms with Gasteiger partial charge in [-0.3, -0.25) is 0 Å². The van der Waals surface area contributed by atoms with E-state index in [0.29, 0.717) is 13.0 Å². The zero-order chi connectivity index (χ0) is 8.48. The molecule has 0 amide bonds. The summed E-state index contributed by atoms with van der Waals surface area (Å²) in [7, 11) is 1.03. The topological polar surface area (TPSA) is 69.6 Å². The van der Waals surface area contributed by atoms with Crippen molar-refractivity contribution in [3.63, 3.8) is 0 Å². The van der Waals surface area contributed by atoms with Gasteiger partial charge in [0.25, 0.3) is 0 Å². The molecule has 0 spiro atoms. The maximum atomic E-state index is 10.8. The Morgan fingerprint density at radius 3 is 2.55 bits per heavy atom. The summed E-state index contributed by atoms with van der Waals surface area (Å²) in [6.07, 6.45) is 0.903. The van der Waals surface area contributed by atoms with Gasteiger partial charge in [0.15, 0.2) is 0 Å². The predicted molar refractivity (Wildman–Crippen MR) is 39.7 cm³/mol. The minimum Gasteiger partial charge on any atom is -0.611 e. The molecule has 1 unspecified atom stereocenters. The molecule has 1 heterocycles. The molecule has 66 valence electrons. The van der Waals surface area contributed by atoms with Crippen LogP contribution in [0.1, 0.15) is 12.8 Å². The number of aliphatic hydroxyl groups excluding tert-OH is 1. The molecule has 1 N–H and O–H groups in total. The number of quaternary nitrogens is 1. The molecule has 0 saturated carbocycles. The molecule has 1 rings (SSSR count). The summed E-state index contributed by atoms with van der Waals surface area (Å²) in [5.74, 6) is 0. The lowest BCUT2D eigenvalue weighted by molar-refractivity contribution is -0.935. The van der Waals surface area contributed by atoms with Gasteiger partial charge in [-0.1, -0.05) is 0 Å². The Hall–Kier alpha value is -0.200. The van der Waals surface area contributed by atoms with Crippen LogP contribution in [0.5, 0.6) is 0 Å². The van der Waals surface area contributed by atoms with E-state index < -0.39 is 11.0 Å². The molecule has 5 nitrogen and oxygen atoms in total. The number of hydroxylamine groups is 2. The summed E-state index contributed by atoms with van der Waals surface area (Å²) >= 11 is 0. The van der Waals surface area contributed by atoms with Gasteiger partial charge >= 0.3 is 0 Å². The van der Waals surface area contributed by atoms with Crippen molar-refractivity contribution < 1.29 is 10.0 Å². The first-order chi connectivity index (χ1) is 5.00. The Balaban J connectivity index is 2.46. The van der Waals surface area contributed by atoms with Crippen LogP contribution >= 0.6 is 0 Å². The molecular formula is C6H13N2O3-. The molecule has 1 saturated heterocycles. The summed E-state index contributed by atoms with van der Waals surface area (Å²) in [6, 6.07) is 0. The first kappa shape index (κ1) is 8.89. The van der Waals surface area contributed by atoms with E-state index in [1.807, 2.05) is 0 Å². The smallest absolute Gasteiger partial charge is 0.0857 e. The molecular weight excluding hydrogens is 148 g/mol. The number of nitrogens with zero attached hydrogens (tertiary/aromatic N) is 2. The minimum atomic E-state index is -1.67. The van der Waals surface area contributed by atoms with Gasteiger partial charge in [0.05, 0.1) is 19.7 Å². The van der Waals surface area contributed by atoms with Gasteiger partial charge in [0, 0.05) is 6.54 Å². The second-order valence-electron chi connectivity index (χ2n) is 3.01. The molecule has 0 radical (unpaired) electrons. The van der Waals surface area contributed by atoms with Crippen molar-refractivity contribution in [1.29, 1.82) is 0 Å². The van der Waals surface area contributed by atoms with Gasteiger partial charge in [-0.2, -0.15) is 5.01 Å². The SMILES string of the molecule is C[N+]([O-])([O-])N1CCCC(O)C1. The second-order valence-corrected chi connectivity index (χ2v) is 3.01. The van der Waals surface area contributed by atoms with Crippen LogP contribution in [-0.4, -0.2) is 41.3 Å². The van der Waals surface area contributed by atoms with E-state index in [1.165, 1.54) is 5.01 Å². The lowest BCUT2D eigenvalue weighted by atomic mass is 10.1. The predicted octanol–water partition coefficient (Wildman–Crippen LogP) is -0.200. The summed E-state index contributed by atoms with van der Waals surface area (Å²) in [5.41, 5.74) is 0. The first-order valence-corrected chi connectivity index (χ1v) is 3.72. The number of aliphatic hydroxyl groups is 1. The maximum absolute atomic E-state index is 10.8. The fourth-order valence-corrected chi connectivity index (χ4v) is 1.27. The second kappa shape index (κ2) is 3.04. The standard InChI is InChI=1S/C6H13N2O3/c1-8(10,11)7-4-2-3-6(9)5-7/h6,9H,2-5H2,1H3/q-1. The van der Waals surface area contributed by atoms with Crippen LogP contribution in [0.4, 0.5) is 0 Å². The Bertz CT molecular complexity index is 134. The van der Waals surface area contributed by atoms with Crippen LogP contribution in [0.2, 0.25) is 0 Å². The van der Waals surface area contributed by atoms with Gasteiger partial charge in [-0.25, -0.2) is 0 Å². The van der Waals surface area contributed by atoms with Crippen molar-refractivity contribution in [1.82, 2.24) is 5.01 Å². The van der Waals surface area contributed by atoms with Crippen molar-refractivity contribution >= 4 is 0 Å². The largest absolute Gasteiger partial charge is 0.611 e. The molecule has 0 bridgehead atoms. The molecule has 11 heavy (non-hydrogen) atoms. The lowest BCUT2D eigenvalue weighted by Crippen LogP contribution is -2.54. The monoisotopic (exact) mass is 161 g/mol. The normalized spacial score (nSPS) is 28.9. The van der Waals surface area contributed by atoms with Gasteiger partial charge in [-0.15, -0.1) is 0 Å². The van der Waals surface area contributed by atoms with E-state index in [4.69, 9.17) is 5.11 Å². The number of β-amino-alcohol motifs (C(OH)–C–C–N with tert-alkyl or cyclic N) is 1. The van der Waals surface area contributed by atoms with Gasteiger partial charge in [0.2, 0.25) is 0 Å². The molecule has 0 aromatic heterocycles. The average Bonchev–Trinajstić information content (AvgIpc) is 1.86. The fraction of sp³-hybridized carbons (Fsp3) is 1.00. The van der Waals surface area contributed by atoms with E-state index in [0.717, 1.165) is 13.5 Å². The number of hydrogen-bond acceptors (Lipinski definition) is 4. The molecule has 1 aliphatic rings. The maximum Gasteiger partial charge on any atom is 0.0857 e. The van der Waals surface area contributed by atoms with E-state index in [1.54, 1.807) is 0 Å². The van der Waals surface area contributed by atoms with E-state index >= 15 is 0 Å². The Morgan fingerprint density at radius 2 is 2.18 bits per heavy atom. The number of hydrogen-bond donors (Lipinski definition) is 1. The van der Waals surface area contributed by atoms with Crippen LogP contribution in [0.15, 0.2) is 0 Å². The van der Waals surface area contributed by atoms with Crippen LogP contribution in [0.25, 0.3) is 0 Å². The van der Waals surface area contributed by atoms with Crippen LogP contribution in [0.3, 0.4) is 0 Å². The zero-order valence-corrected chi connectivity index (χ0v) is 6.56. The highest BCUT2D eigenvalue weighted by Crippen LogP contribution is 2.14. The molecule has 1 atom stereocenters. The molecule has 0 aromatic rings. The van der Waals surface area contributed by atoms with Crippen molar-refractivity contribution in [3.8, 4) is 0 Å². The van der Waals surface area contributed by atoms with Gasteiger partial charge < -0.3 is 20.4 Å². The molecule has 5 heteroatoms. The third kappa shape index (κ3) is 2.39. The van der Waals surface area contributed by atoms with Crippen LogP contribution in [0, 0.1) is 10.4 Å². The zero-order valence-electron chi connectivity index (χ0n) is 6.56. The molecule has 1 aliphatic heterocycles. The summed E-state index contributed by atoms with van der Waals surface area (Å²) < 4.78 is 0. The van der Waals surface area contributed by atoms with Crippen molar-refractivity contribution in [2.75, 3.05) is 20.1 Å². The Kier molecular flexibility index (Phi) is 2.46. The number of piperidine rings is 1. The highest BCUT2D eigenvalue weighted by molar-refractivity contribution is 4.66. The Morgan fingerprint density at radius 1 is 1.55 bits per heavy atom. The molecule has 1 fully saturated rings. The highest BCUT2D eigenvalue weighted by atomic mass is 16.9. The summed E-state index contributed by atoms with van der Waals surface area (Å²) in [5, 5.41) is 31.9. The minimum absolute atomic E-state index is 0.198. The Labute approximate surface area is 65.5 Å². The van der Waals surface area contributed by atoms with Crippen molar-refractivity contribution in [2.24, 2.45) is 0 Å².